The minimum Gasteiger partial charge on any atom is -0.336 e. The molecule has 3 amide bonds. The third kappa shape index (κ3) is 4.86. The van der Waals surface area contributed by atoms with E-state index in [9.17, 15) is 9.59 Å². The van der Waals surface area contributed by atoms with Gasteiger partial charge in [0.1, 0.15) is 5.37 Å². The monoisotopic (exact) mass is 397 g/mol. The molecule has 7 heteroatoms. The van der Waals surface area contributed by atoms with Crippen LogP contribution >= 0.6 is 23.4 Å². The Balaban J connectivity index is 2.14. The molecule has 1 aromatic rings. The van der Waals surface area contributed by atoms with Crippen LogP contribution in [0.1, 0.15) is 45.1 Å². The number of thioether (sulfide) groups is 1. The Bertz CT molecular complexity index is 641. The third-order valence-electron chi connectivity index (χ3n) is 4.37. The molecule has 2 atom stereocenters. The standard InChI is InChI=1S/C19H28ClN3O2S/c1-5-16-17(24)23(12-11-22(6-2)19(25)21-13(3)4)18(26-16)14-9-7-8-10-15(14)20/h7-10,13,16,18H,5-6,11-12H2,1-4H3,(H,21,25). The van der Waals surface area contributed by atoms with Crippen molar-refractivity contribution >= 4 is 35.3 Å². The number of likely N-dealkylation sites (N-methyl/N-ethyl adjacent to an activating group) is 1. The van der Waals surface area contributed by atoms with E-state index in [2.05, 4.69) is 5.32 Å². The molecule has 1 aliphatic rings. The van der Waals surface area contributed by atoms with Gasteiger partial charge in [0.2, 0.25) is 5.91 Å². The lowest BCUT2D eigenvalue weighted by Crippen LogP contribution is -2.46. The minimum absolute atomic E-state index is 0.0594. The summed E-state index contributed by atoms with van der Waals surface area (Å²) in [6.07, 6.45) is 0.784. The van der Waals surface area contributed by atoms with E-state index in [0.29, 0.717) is 24.7 Å². The van der Waals surface area contributed by atoms with E-state index < -0.39 is 0 Å². The highest BCUT2D eigenvalue weighted by molar-refractivity contribution is 8.01. The average Bonchev–Trinajstić information content (AvgIpc) is 2.91. The van der Waals surface area contributed by atoms with Gasteiger partial charge in [0.25, 0.3) is 0 Å². The van der Waals surface area contributed by atoms with Gasteiger partial charge in [-0.05, 0) is 33.3 Å². The SMILES string of the molecule is CCC1SC(c2ccccc2Cl)N(CCN(CC)C(=O)NC(C)C)C1=O. The van der Waals surface area contributed by atoms with E-state index in [-0.39, 0.29) is 28.6 Å². The van der Waals surface area contributed by atoms with Crippen LogP contribution in [0.15, 0.2) is 24.3 Å². The molecule has 26 heavy (non-hydrogen) atoms. The molecular formula is C19H28ClN3O2S. The molecule has 1 heterocycles. The Morgan fingerprint density at radius 1 is 1.35 bits per heavy atom. The fourth-order valence-corrected chi connectivity index (χ4v) is 4.74. The number of hydrogen-bond donors (Lipinski definition) is 1. The Labute approximate surface area is 165 Å². The highest BCUT2D eigenvalue weighted by atomic mass is 35.5. The molecule has 0 saturated carbocycles. The van der Waals surface area contributed by atoms with Gasteiger partial charge in [-0.2, -0.15) is 0 Å². The number of rotatable bonds is 7. The summed E-state index contributed by atoms with van der Waals surface area (Å²) in [7, 11) is 0. The normalized spacial score (nSPS) is 19.9. The van der Waals surface area contributed by atoms with Gasteiger partial charge in [0.15, 0.2) is 0 Å². The number of hydrogen-bond acceptors (Lipinski definition) is 3. The van der Waals surface area contributed by atoms with Crippen LogP contribution in [0.25, 0.3) is 0 Å². The van der Waals surface area contributed by atoms with Crippen LogP contribution in [-0.4, -0.2) is 52.7 Å². The Morgan fingerprint density at radius 3 is 2.62 bits per heavy atom. The van der Waals surface area contributed by atoms with Crippen LogP contribution in [-0.2, 0) is 4.79 Å². The van der Waals surface area contributed by atoms with Crippen molar-refractivity contribution < 1.29 is 9.59 Å². The van der Waals surface area contributed by atoms with Crippen molar-refractivity contribution in [2.24, 2.45) is 0 Å². The first-order chi connectivity index (χ1) is 12.4. The zero-order chi connectivity index (χ0) is 19.3. The molecule has 2 rings (SSSR count). The van der Waals surface area contributed by atoms with E-state index in [1.807, 2.05) is 56.9 Å². The van der Waals surface area contributed by atoms with Crippen molar-refractivity contribution in [3.63, 3.8) is 0 Å². The second-order valence-electron chi connectivity index (χ2n) is 6.62. The Morgan fingerprint density at radius 2 is 2.04 bits per heavy atom. The maximum atomic E-state index is 12.8. The van der Waals surface area contributed by atoms with E-state index in [0.717, 1.165) is 12.0 Å². The molecule has 0 spiro atoms. The summed E-state index contributed by atoms with van der Waals surface area (Å²) in [4.78, 5) is 28.7. The largest absolute Gasteiger partial charge is 0.336 e. The number of amides is 3. The van der Waals surface area contributed by atoms with Crippen molar-refractivity contribution in [2.75, 3.05) is 19.6 Å². The van der Waals surface area contributed by atoms with Gasteiger partial charge in [0, 0.05) is 36.3 Å². The van der Waals surface area contributed by atoms with Gasteiger partial charge < -0.3 is 15.1 Å². The summed E-state index contributed by atoms with van der Waals surface area (Å²) in [5, 5.41) is 3.42. The average molecular weight is 398 g/mol. The number of nitrogens with zero attached hydrogens (tertiary/aromatic N) is 2. The molecule has 1 fully saturated rings. The van der Waals surface area contributed by atoms with Crippen LogP contribution in [0, 0.1) is 0 Å². The summed E-state index contributed by atoms with van der Waals surface area (Å²) in [5.41, 5.74) is 0.957. The Hall–Kier alpha value is -1.40. The topological polar surface area (TPSA) is 52.6 Å². The van der Waals surface area contributed by atoms with Gasteiger partial charge in [-0.25, -0.2) is 4.79 Å². The lowest BCUT2D eigenvalue weighted by atomic mass is 10.2. The number of carbonyl (C=O) groups excluding carboxylic acids is 2. The molecule has 5 nitrogen and oxygen atoms in total. The summed E-state index contributed by atoms with van der Waals surface area (Å²) in [6, 6.07) is 7.65. The second-order valence-corrected chi connectivity index (χ2v) is 8.32. The van der Waals surface area contributed by atoms with Crippen LogP contribution in [0.3, 0.4) is 0 Å². The van der Waals surface area contributed by atoms with Crippen LogP contribution in [0.4, 0.5) is 4.79 Å². The number of carbonyl (C=O) groups is 2. The summed E-state index contributed by atoms with van der Waals surface area (Å²) < 4.78 is 0. The summed E-state index contributed by atoms with van der Waals surface area (Å²) in [5.74, 6) is 0.128. The number of halogens is 1. The zero-order valence-corrected chi connectivity index (χ0v) is 17.4. The molecule has 2 unspecified atom stereocenters. The van der Waals surface area contributed by atoms with Crippen molar-refractivity contribution in [3.8, 4) is 0 Å². The molecular weight excluding hydrogens is 370 g/mol. The van der Waals surface area contributed by atoms with Crippen LogP contribution < -0.4 is 5.32 Å². The van der Waals surface area contributed by atoms with Crippen molar-refractivity contribution in [2.45, 2.75) is 50.8 Å². The molecule has 1 aliphatic heterocycles. The maximum Gasteiger partial charge on any atom is 0.317 e. The highest BCUT2D eigenvalue weighted by Crippen LogP contribution is 2.45. The van der Waals surface area contributed by atoms with E-state index >= 15 is 0 Å². The van der Waals surface area contributed by atoms with Gasteiger partial charge in [-0.3, -0.25) is 4.79 Å². The van der Waals surface area contributed by atoms with Gasteiger partial charge in [-0.15, -0.1) is 11.8 Å². The molecule has 1 saturated heterocycles. The zero-order valence-electron chi connectivity index (χ0n) is 15.9. The molecule has 0 radical (unpaired) electrons. The number of nitrogens with one attached hydrogen (secondary N) is 1. The quantitative estimate of drug-likeness (QED) is 0.752. The molecule has 1 aromatic carbocycles. The predicted octanol–water partition coefficient (Wildman–Crippen LogP) is 4.13. The third-order valence-corrected chi connectivity index (χ3v) is 6.34. The van der Waals surface area contributed by atoms with E-state index in [4.69, 9.17) is 11.6 Å². The fourth-order valence-electron chi connectivity index (χ4n) is 2.97. The molecule has 1 N–H and O–H groups in total. The Kier molecular flexibility index (Phi) is 7.65. The number of benzene rings is 1. The smallest absolute Gasteiger partial charge is 0.317 e. The highest BCUT2D eigenvalue weighted by Gasteiger charge is 2.40. The first kappa shape index (κ1) is 20.9. The minimum atomic E-state index is -0.104. The van der Waals surface area contributed by atoms with Crippen LogP contribution in [0.2, 0.25) is 5.02 Å². The lowest BCUT2D eigenvalue weighted by molar-refractivity contribution is -0.130. The molecule has 144 valence electrons. The summed E-state index contributed by atoms with van der Waals surface area (Å²) >= 11 is 8.03. The lowest BCUT2D eigenvalue weighted by Gasteiger charge is -2.29. The van der Waals surface area contributed by atoms with Gasteiger partial charge in [0.05, 0.1) is 5.25 Å². The molecule has 0 bridgehead atoms. The van der Waals surface area contributed by atoms with E-state index in [1.54, 1.807) is 16.7 Å². The van der Waals surface area contributed by atoms with Crippen molar-refractivity contribution in [1.29, 1.82) is 0 Å². The van der Waals surface area contributed by atoms with Crippen molar-refractivity contribution in [3.05, 3.63) is 34.9 Å². The second kappa shape index (κ2) is 9.51. The fraction of sp³-hybridized carbons (Fsp3) is 0.579. The van der Waals surface area contributed by atoms with Crippen molar-refractivity contribution in [1.82, 2.24) is 15.1 Å². The first-order valence-electron chi connectivity index (χ1n) is 9.14. The number of urea groups is 1. The maximum absolute atomic E-state index is 12.8. The molecule has 0 aliphatic carbocycles. The van der Waals surface area contributed by atoms with Gasteiger partial charge in [-0.1, -0.05) is 36.7 Å². The van der Waals surface area contributed by atoms with E-state index in [1.165, 1.54) is 0 Å². The summed E-state index contributed by atoms with van der Waals surface area (Å²) in [6.45, 7) is 9.44. The predicted molar refractivity (Wildman–Crippen MR) is 108 cm³/mol. The molecule has 0 aromatic heterocycles. The first-order valence-corrected chi connectivity index (χ1v) is 10.5. The van der Waals surface area contributed by atoms with Crippen LogP contribution in [0.5, 0.6) is 0 Å². The van der Waals surface area contributed by atoms with Gasteiger partial charge >= 0.3 is 6.03 Å².